The Hall–Kier alpha value is -6.40. The lowest BCUT2D eigenvalue weighted by atomic mass is 9.99. The van der Waals surface area contributed by atoms with Crippen LogP contribution < -0.4 is 26.0 Å². The summed E-state index contributed by atoms with van der Waals surface area (Å²) in [6.07, 6.45) is -2.41. The zero-order valence-corrected chi connectivity index (χ0v) is 31.5. The summed E-state index contributed by atoms with van der Waals surface area (Å²) < 4.78 is 19.7. The zero-order valence-electron chi connectivity index (χ0n) is 31.5. The number of guanidine groups is 1. The van der Waals surface area contributed by atoms with E-state index in [1.54, 1.807) is 45.0 Å². The van der Waals surface area contributed by atoms with Gasteiger partial charge in [0.05, 0.1) is 27.0 Å². The van der Waals surface area contributed by atoms with Gasteiger partial charge in [0, 0.05) is 31.6 Å². The fourth-order valence-electron chi connectivity index (χ4n) is 5.51. The Morgan fingerprint density at radius 3 is 2.20 bits per heavy atom. The highest BCUT2D eigenvalue weighted by Crippen LogP contribution is 2.21. The molecule has 0 aliphatic carbocycles. The molecule has 3 rings (SSSR count). The summed E-state index contributed by atoms with van der Waals surface area (Å²) >= 11 is 0. The van der Waals surface area contributed by atoms with E-state index in [-0.39, 0.29) is 50.1 Å². The van der Waals surface area contributed by atoms with Crippen LogP contribution in [0, 0.1) is 0 Å². The van der Waals surface area contributed by atoms with Gasteiger partial charge in [-0.3, -0.25) is 19.2 Å². The van der Waals surface area contributed by atoms with E-state index in [1.807, 2.05) is 0 Å². The van der Waals surface area contributed by atoms with Gasteiger partial charge in [-0.25, -0.2) is 19.3 Å². The highest BCUT2D eigenvalue weighted by atomic mass is 16.6. The number of carboxylic acids is 1. The van der Waals surface area contributed by atoms with Crippen molar-refractivity contribution in [2.45, 2.75) is 57.7 Å². The number of rotatable bonds is 13. The SMILES string of the molecule is COC(=O)/N=C(/N)N(C(=O)OC)c1ccc(C(=O)NC(Cc2ccc(OC)cc2)C(=O)N2CCN(CC(=O)O)C(=O)C2CCCNC(=O)OC(C)(C)C)cc1. The summed E-state index contributed by atoms with van der Waals surface area (Å²) in [6.45, 7) is 4.59. The largest absolute Gasteiger partial charge is 0.497 e. The third-order valence-corrected chi connectivity index (χ3v) is 8.07. The first-order chi connectivity index (χ1) is 26.0. The molecule has 19 heteroatoms. The lowest BCUT2D eigenvalue weighted by Crippen LogP contribution is -2.63. The number of aliphatic imine (C=N–C) groups is 1. The molecule has 2 aromatic carbocycles. The third kappa shape index (κ3) is 12.6. The Labute approximate surface area is 317 Å². The standard InChI is InChI=1S/C36H47N7O12/c1-36(2,3)55-33(49)38-17-7-8-27-31(48)41(21-28(44)45)18-19-42(27)30(47)26(20-22-9-15-25(52-4)16-10-22)39-29(46)23-11-13-24(14-12-23)43(35(51)54-6)32(37)40-34(50)53-5/h9-16,26-27H,7-8,17-21H2,1-6H3,(H,38,49)(H,39,46)(H,44,45)(H2,37,40,50). The highest BCUT2D eigenvalue weighted by molar-refractivity contribution is 6.15. The maximum atomic E-state index is 14.4. The molecule has 0 bridgehead atoms. The fraction of sp³-hybridized carbons (Fsp3) is 0.444. The van der Waals surface area contributed by atoms with Crippen LogP contribution in [0.15, 0.2) is 53.5 Å². The Kier molecular flexibility index (Phi) is 15.3. The number of nitrogens with zero attached hydrogens (tertiary/aromatic N) is 4. The number of hydrogen-bond acceptors (Lipinski definition) is 11. The molecule has 0 spiro atoms. The molecule has 0 saturated carbocycles. The number of methoxy groups -OCH3 is 3. The number of nitrogens with one attached hydrogen (secondary N) is 2. The maximum Gasteiger partial charge on any atom is 0.436 e. The molecule has 1 heterocycles. The average molecular weight is 770 g/mol. The lowest BCUT2D eigenvalue weighted by molar-refractivity contribution is -0.156. The lowest BCUT2D eigenvalue weighted by Gasteiger charge is -2.41. The van der Waals surface area contributed by atoms with Crippen LogP contribution in [0.1, 0.15) is 49.5 Å². The van der Waals surface area contributed by atoms with Crippen LogP contribution in [0.4, 0.5) is 20.1 Å². The second-order valence-electron chi connectivity index (χ2n) is 13.1. The van der Waals surface area contributed by atoms with Crippen molar-refractivity contribution in [1.29, 1.82) is 0 Å². The minimum atomic E-state index is -1.22. The number of anilines is 1. The molecule has 1 aliphatic heterocycles. The number of benzene rings is 2. The van der Waals surface area contributed by atoms with Gasteiger partial charge in [0.1, 0.15) is 30.0 Å². The predicted octanol–water partition coefficient (Wildman–Crippen LogP) is 2.12. The average Bonchev–Trinajstić information content (AvgIpc) is 3.13. The van der Waals surface area contributed by atoms with Gasteiger partial charge in [0.15, 0.2) is 0 Å². The summed E-state index contributed by atoms with van der Waals surface area (Å²) in [5, 5.41) is 14.8. The van der Waals surface area contributed by atoms with E-state index in [1.165, 1.54) is 36.3 Å². The number of aliphatic carboxylic acids is 1. The number of amides is 6. The van der Waals surface area contributed by atoms with Crippen LogP contribution in [-0.4, -0.2) is 128 Å². The van der Waals surface area contributed by atoms with Crippen molar-refractivity contribution in [3.8, 4) is 5.75 Å². The first kappa shape index (κ1) is 43.0. The first-order valence-electron chi connectivity index (χ1n) is 17.1. The van der Waals surface area contributed by atoms with Gasteiger partial charge in [-0.15, -0.1) is 4.99 Å². The molecule has 0 radical (unpaired) electrons. The van der Waals surface area contributed by atoms with E-state index >= 15 is 0 Å². The van der Waals surface area contributed by atoms with Gasteiger partial charge in [-0.1, -0.05) is 12.1 Å². The second kappa shape index (κ2) is 19.6. The fourth-order valence-corrected chi connectivity index (χ4v) is 5.51. The second-order valence-corrected chi connectivity index (χ2v) is 13.1. The molecule has 298 valence electrons. The Balaban J connectivity index is 1.91. The number of ether oxygens (including phenoxy) is 4. The Bertz CT molecular complexity index is 1740. The summed E-state index contributed by atoms with van der Waals surface area (Å²) in [5.74, 6) is -3.09. The molecular weight excluding hydrogens is 722 g/mol. The molecule has 1 aliphatic rings. The molecular formula is C36H47N7O12. The minimum absolute atomic E-state index is 0.000252. The minimum Gasteiger partial charge on any atom is -0.497 e. The summed E-state index contributed by atoms with van der Waals surface area (Å²) in [4.78, 5) is 96.3. The van der Waals surface area contributed by atoms with Gasteiger partial charge in [0.2, 0.25) is 17.8 Å². The number of carbonyl (C=O) groups excluding carboxylic acids is 6. The Morgan fingerprint density at radius 1 is 0.982 bits per heavy atom. The van der Waals surface area contributed by atoms with Gasteiger partial charge in [-0.2, -0.15) is 0 Å². The first-order valence-corrected chi connectivity index (χ1v) is 17.1. The summed E-state index contributed by atoms with van der Waals surface area (Å²) in [5.41, 5.74) is 5.93. The number of alkyl carbamates (subject to hydrolysis) is 1. The van der Waals surface area contributed by atoms with Crippen LogP contribution in [0.2, 0.25) is 0 Å². The van der Waals surface area contributed by atoms with Crippen molar-refractivity contribution in [3.05, 3.63) is 59.7 Å². The molecule has 1 saturated heterocycles. The van der Waals surface area contributed by atoms with Gasteiger partial charge >= 0.3 is 24.2 Å². The van der Waals surface area contributed by atoms with Crippen LogP contribution in [0.3, 0.4) is 0 Å². The monoisotopic (exact) mass is 769 g/mol. The number of piperazine rings is 1. The van der Waals surface area contributed by atoms with Crippen LogP contribution in [0.25, 0.3) is 0 Å². The van der Waals surface area contributed by atoms with E-state index in [2.05, 4.69) is 20.4 Å². The van der Waals surface area contributed by atoms with Crippen molar-refractivity contribution in [2.24, 2.45) is 10.7 Å². The molecule has 55 heavy (non-hydrogen) atoms. The predicted molar refractivity (Wildman–Crippen MR) is 196 cm³/mol. The molecule has 5 N–H and O–H groups in total. The highest BCUT2D eigenvalue weighted by Gasteiger charge is 2.40. The Morgan fingerprint density at radius 2 is 1.64 bits per heavy atom. The number of carboxylic acid groups (broad SMARTS) is 1. The number of carbonyl (C=O) groups is 7. The number of hydrogen-bond donors (Lipinski definition) is 4. The van der Waals surface area contributed by atoms with Crippen molar-refractivity contribution in [1.82, 2.24) is 20.4 Å². The summed E-state index contributed by atoms with van der Waals surface area (Å²) in [6, 6.07) is 9.87. The van der Waals surface area contributed by atoms with Crippen LogP contribution in [0.5, 0.6) is 5.75 Å². The van der Waals surface area contributed by atoms with E-state index in [0.717, 1.165) is 24.0 Å². The van der Waals surface area contributed by atoms with Crippen LogP contribution >= 0.6 is 0 Å². The smallest absolute Gasteiger partial charge is 0.436 e. The van der Waals surface area contributed by atoms with Crippen molar-refractivity contribution < 1.29 is 57.6 Å². The topological polar surface area (TPSA) is 249 Å². The van der Waals surface area contributed by atoms with Crippen LogP contribution in [-0.2, 0) is 35.0 Å². The summed E-state index contributed by atoms with van der Waals surface area (Å²) in [7, 11) is 3.67. The van der Waals surface area contributed by atoms with E-state index in [4.69, 9.17) is 19.9 Å². The van der Waals surface area contributed by atoms with E-state index in [9.17, 15) is 38.7 Å². The molecule has 2 atom stereocenters. The van der Waals surface area contributed by atoms with E-state index < -0.39 is 72.2 Å². The molecule has 1 fully saturated rings. The molecule has 19 nitrogen and oxygen atoms in total. The quantitative estimate of drug-likeness (QED) is 0.0988. The molecule has 2 unspecified atom stereocenters. The third-order valence-electron chi connectivity index (χ3n) is 8.07. The molecule has 6 amide bonds. The van der Waals surface area contributed by atoms with Gasteiger partial charge < -0.3 is 50.2 Å². The van der Waals surface area contributed by atoms with E-state index in [0.29, 0.717) is 11.3 Å². The molecule has 2 aromatic rings. The normalized spacial score (nSPS) is 15.0. The van der Waals surface area contributed by atoms with Crippen molar-refractivity contribution in [2.75, 3.05) is 52.4 Å². The maximum absolute atomic E-state index is 14.4. The van der Waals surface area contributed by atoms with Crippen molar-refractivity contribution in [3.63, 3.8) is 0 Å². The zero-order chi connectivity index (χ0) is 40.9. The van der Waals surface area contributed by atoms with Gasteiger partial charge in [-0.05, 0) is 75.6 Å². The molecule has 0 aromatic heterocycles. The number of nitrogens with two attached hydrogens (primary N) is 1. The van der Waals surface area contributed by atoms with Gasteiger partial charge in [0.25, 0.3) is 5.91 Å². The van der Waals surface area contributed by atoms with Crippen molar-refractivity contribution >= 4 is 53.6 Å².